The van der Waals surface area contributed by atoms with Gasteiger partial charge in [0.2, 0.25) is 0 Å². The summed E-state index contributed by atoms with van der Waals surface area (Å²) < 4.78 is 0. The van der Waals surface area contributed by atoms with Crippen molar-refractivity contribution in [3.8, 4) is 5.75 Å². The highest BCUT2D eigenvalue weighted by Gasteiger charge is 2.31. The minimum Gasteiger partial charge on any atom is -0.508 e. The van der Waals surface area contributed by atoms with Gasteiger partial charge in [0.1, 0.15) is 11.3 Å². The Bertz CT molecular complexity index is 807. The van der Waals surface area contributed by atoms with Gasteiger partial charge in [0.05, 0.1) is 10.6 Å². The molecule has 2 aromatic rings. The van der Waals surface area contributed by atoms with Crippen LogP contribution in [0.25, 0.3) is 0 Å². The number of benzene rings is 2. The van der Waals surface area contributed by atoms with E-state index in [-0.39, 0.29) is 17.0 Å². The fourth-order valence-corrected chi connectivity index (χ4v) is 3.18. The summed E-state index contributed by atoms with van der Waals surface area (Å²) in [6.07, 6.45) is 2.38. The van der Waals surface area contributed by atoms with Crippen molar-refractivity contribution in [3.05, 3.63) is 57.6 Å². The molecule has 0 atom stereocenters. The maximum absolute atomic E-state index is 12.8. The molecule has 0 saturated heterocycles. The average Bonchev–Trinajstić information content (AvgIpc) is 2.99. The van der Waals surface area contributed by atoms with Crippen LogP contribution in [0.2, 0.25) is 0 Å². The summed E-state index contributed by atoms with van der Waals surface area (Å²) in [5, 5.41) is 21.1. The summed E-state index contributed by atoms with van der Waals surface area (Å²) in [5.74, 6) is -0.276. The highest BCUT2D eigenvalue weighted by Crippen LogP contribution is 2.36. The van der Waals surface area contributed by atoms with Gasteiger partial charge >= 0.3 is 0 Å². The lowest BCUT2D eigenvalue weighted by Gasteiger charge is -2.17. The fourth-order valence-electron chi connectivity index (χ4n) is 2.74. The number of hydrogen-bond donors (Lipinski definition) is 1. The third-order valence-electron chi connectivity index (χ3n) is 3.88. The van der Waals surface area contributed by atoms with Gasteiger partial charge in [0.25, 0.3) is 11.6 Å². The zero-order chi connectivity index (χ0) is 16.6. The molecule has 1 N–H and O–H groups in total. The topological polar surface area (TPSA) is 83.7 Å². The Morgan fingerprint density at radius 3 is 2.83 bits per heavy atom. The van der Waals surface area contributed by atoms with Crippen molar-refractivity contribution in [1.82, 2.24) is 0 Å². The molecule has 1 aliphatic heterocycles. The molecule has 118 valence electrons. The van der Waals surface area contributed by atoms with E-state index in [0.29, 0.717) is 24.2 Å². The minimum absolute atomic E-state index is 0.0676. The first-order valence-corrected chi connectivity index (χ1v) is 8.20. The number of amides is 1. The van der Waals surface area contributed by atoms with Gasteiger partial charge in [0, 0.05) is 23.1 Å². The zero-order valence-corrected chi connectivity index (χ0v) is 13.2. The number of phenols is 1. The van der Waals surface area contributed by atoms with Crippen molar-refractivity contribution < 1.29 is 14.8 Å². The Balaban J connectivity index is 2.06. The van der Waals surface area contributed by atoms with Gasteiger partial charge in [-0.1, -0.05) is 6.07 Å². The Morgan fingerprint density at radius 1 is 1.35 bits per heavy atom. The molecule has 23 heavy (non-hydrogen) atoms. The molecule has 0 aliphatic carbocycles. The highest BCUT2D eigenvalue weighted by molar-refractivity contribution is 7.98. The maximum Gasteiger partial charge on any atom is 0.282 e. The van der Waals surface area contributed by atoms with Gasteiger partial charge in [0.15, 0.2) is 0 Å². The highest BCUT2D eigenvalue weighted by atomic mass is 32.2. The van der Waals surface area contributed by atoms with E-state index in [1.54, 1.807) is 30.3 Å². The number of nitro groups is 1. The van der Waals surface area contributed by atoms with Gasteiger partial charge in [-0.05, 0) is 36.9 Å². The summed E-state index contributed by atoms with van der Waals surface area (Å²) >= 11 is 1.42. The van der Waals surface area contributed by atoms with Crippen molar-refractivity contribution >= 4 is 29.0 Å². The lowest BCUT2D eigenvalue weighted by Crippen LogP contribution is -2.29. The fraction of sp³-hybridized carbons (Fsp3) is 0.188. The number of rotatable bonds is 3. The number of nitrogens with zero attached hydrogens (tertiary/aromatic N) is 2. The molecule has 0 fully saturated rings. The number of fused-ring (bicyclic) bond motifs is 1. The monoisotopic (exact) mass is 330 g/mol. The van der Waals surface area contributed by atoms with Crippen LogP contribution < -0.4 is 4.90 Å². The number of carbonyl (C=O) groups excluding carboxylic acids is 1. The van der Waals surface area contributed by atoms with Crippen LogP contribution in [0.15, 0.2) is 41.3 Å². The van der Waals surface area contributed by atoms with Crippen molar-refractivity contribution in [2.45, 2.75) is 11.3 Å². The molecule has 1 aliphatic rings. The number of aromatic hydroxyl groups is 1. The van der Waals surface area contributed by atoms with Crippen LogP contribution >= 0.6 is 11.8 Å². The van der Waals surface area contributed by atoms with Crippen LogP contribution in [-0.4, -0.2) is 28.7 Å². The van der Waals surface area contributed by atoms with Crippen molar-refractivity contribution in [1.29, 1.82) is 0 Å². The molecule has 0 bridgehead atoms. The molecule has 0 spiro atoms. The van der Waals surface area contributed by atoms with E-state index in [9.17, 15) is 20.0 Å². The van der Waals surface area contributed by atoms with Gasteiger partial charge < -0.3 is 10.0 Å². The molecular weight excluding hydrogens is 316 g/mol. The van der Waals surface area contributed by atoms with E-state index >= 15 is 0 Å². The molecule has 0 unspecified atom stereocenters. The first kappa shape index (κ1) is 15.4. The van der Waals surface area contributed by atoms with E-state index in [1.807, 2.05) is 6.26 Å². The standard InChI is InChI=1S/C16H14N2O4S/c1-23-10-5-6-14(18(21)22)12(9-10)16(20)17-8-7-11-13(17)3-2-4-15(11)19/h2-6,9,19H,7-8H2,1H3. The molecule has 1 amide bonds. The van der Waals surface area contributed by atoms with Crippen LogP contribution in [0, 0.1) is 10.1 Å². The van der Waals surface area contributed by atoms with E-state index in [1.165, 1.54) is 22.7 Å². The van der Waals surface area contributed by atoms with Gasteiger partial charge in [-0.25, -0.2) is 0 Å². The Kier molecular flexibility index (Phi) is 3.96. The van der Waals surface area contributed by atoms with E-state index in [0.717, 1.165) is 4.90 Å². The number of nitro benzene ring substituents is 1. The first-order valence-electron chi connectivity index (χ1n) is 6.98. The number of hydrogen-bond acceptors (Lipinski definition) is 5. The zero-order valence-electron chi connectivity index (χ0n) is 12.4. The largest absolute Gasteiger partial charge is 0.508 e. The molecule has 7 heteroatoms. The summed E-state index contributed by atoms with van der Waals surface area (Å²) in [6, 6.07) is 9.51. The van der Waals surface area contributed by atoms with Crippen LogP contribution in [0.4, 0.5) is 11.4 Å². The summed E-state index contributed by atoms with van der Waals surface area (Å²) in [4.78, 5) is 25.8. The smallest absolute Gasteiger partial charge is 0.282 e. The number of thioether (sulfide) groups is 1. The van der Waals surface area contributed by atoms with Gasteiger partial charge in [-0.3, -0.25) is 14.9 Å². The molecule has 3 rings (SSSR count). The quantitative estimate of drug-likeness (QED) is 0.531. The van der Waals surface area contributed by atoms with Crippen LogP contribution in [0.5, 0.6) is 5.75 Å². The maximum atomic E-state index is 12.8. The molecule has 0 radical (unpaired) electrons. The summed E-state index contributed by atoms with van der Waals surface area (Å²) in [5.41, 5.74) is 1.17. The summed E-state index contributed by atoms with van der Waals surface area (Å²) in [6.45, 7) is 0.395. The first-order chi connectivity index (χ1) is 11.0. The van der Waals surface area contributed by atoms with E-state index in [4.69, 9.17) is 0 Å². The average molecular weight is 330 g/mol. The third kappa shape index (κ3) is 2.63. The lowest BCUT2D eigenvalue weighted by atomic mass is 10.1. The molecule has 6 nitrogen and oxygen atoms in total. The molecule has 0 saturated carbocycles. The Hall–Kier alpha value is -2.54. The minimum atomic E-state index is -0.545. The predicted octanol–water partition coefficient (Wildman–Crippen LogP) is 3.23. The second kappa shape index (κ2) is 5.92. The van der Waals surface area contributed by atoms with Gasteiger partial charge in [-0.15, -0.1) is 11.8 Å². The second-order valence-corrected chi connectivity index (χ2v) is 6.00. The van der Waals surface area contributed by atoms with Crippen LogP contribution in [0.3, 0.4) is 0 Å². The number of phenolic OH excluding ortho intramolecular Hbond substituents is 1. The van der Waals surface area contributed by atoms with Crippen molar-refractivity contribution in [2.24, 2.45) is 0 Å². The molecule has 0 aromatic heterocycles. The summed E-state index contributed by atoms with van der Waals surface area (Å²) in [7, 11) is 0. The predicted molar refractivity (Wildman–Crippen MR) is 88.4 cm³/mol. The van der Waals surface area contributed by atoms with E-state index in [2.05, 4.69) is 0 Å². The second-order valence-electron chi connectivity index (χ2n) is 5.12. The van der Waals surface area contributed by atoms with Crippen molar-refractivity contribution in [3.63, 3.8) is 0 Å². The van der Waals surface area contributed by atoms with Crippen LogP contribution in [-0.2, 0) is 6.42 Å². The number of carbonyl (C=O) groups is 1. The van der Waals surface area contributed by atoms with E-state index < -0.39 is 10.8 Å². The van der Waals surface area contributed by atoms with Crippen LogP contribution in [0.1, 0.15) is 15.9 Å². The number of anilines is 1. The molecular formula is C16H14N2O4S. The SMILES string of the molecule is CSc1ccc([N+](=O)[O-])c(C(=O)N2CCc3c(O)cccc32)c1. The normalized spacial score (nSPS) is 13.0. The van der Waals surface area contributed by atoms with Gasteiger partial charge in [-0.2, -0.15) is 0 Å². The Labute approximate surface area is 136 Å². The lowest BCUT2D eigenvalue weighted by molar-refractivity contribution is -0.385. The third-order valence-corrected chi connectivity index (χ3v) is 4.60. The Morgan fingerprint density at radius 2 is 2.13 bits per heavy atom. The molecule has 2 aromatic carbocycles. The van der Waals surface area contributed by atoms with Crippen molar-refractivity contribution in [2.75, 3.05) is 17.7 Å². The molecule has 1 heterocycles.